The molecule has 27 heavy (non-hydrogen) atoms. The maximum atomic E-state index is 12.8. The number of hydrogen-bond donors (Lipinski definition) is 1. The predicted molar refractivity (Wildman–Crippen MR) is 107 cm³/mol. The van der Waals surface area contributed by atoms with E-state index in [4.69, 9.17) is 13.9 Å². The Kier molecular flexibility index (Phi) is 6.01. The van der Waals surface area contributed by atoms with Crippen LogP contribution in [0.15, 0.2) is 46.9 Å². The Morgan fingerprint density at radius 2 is 1.78 bits per heavy atom. The number of amides is 1. The first-order chi connectivity index (χ1) is 13.1. The molecule has 5 nitrogen and oxygen atoms in total. The molecule has 0 aliphatic heterocycles. The second kappa shape index (κ2) is 8.62. The van der Waals surface area contributed by atoms with Crippen molar-refractivity contribution in [2.75, 3.05) is 18.5 Å². The van der Waals surface area contributed by atoms with E-state index < -0.39 is 0 Å². The van der Waals surface area contributed by atoms with Gasteiger partial charge in [0, 0.05) is 11.1 Å². The summed E-state index contributed by atoms with van der Waals surface area (Å²) in [4.78, 5) is 12.8. The van der Waals surface area contributed by atoms with E-state index in [9.17, 15) is 4.79 Å². The molecule has 1 amide bonds. The van der Waals surface area contributed by atoms with E-state index in [1.165, 1.54) is 0 Å². The lowest BCUT2D eigenvalue weighted by Crippen LogP contribution is -2.12. The number of carbonyl (C=O) groups is 1. The van der Waals surface area contributed by atoms with Gasteiger partial charge in [-0.1, -0.05) is 13.3 Å². The summed E-state index contributed by atoms with van der Waals surface area (Å²) in [5.74, 6) is 1.89. The molecular weight excluding hydrogens is 342 g/mol. The summed E-state index contributed by atoms with van der Waals surface area (Å²) >= 11 is 0. The molecule has 3 aromatic rings. The van der Waals surface area contributed by atoms with Crippen LogP contribution in [0.1, 0.15) is 42.8 Å². The highest BCUT2D eigenvalue weighted by atomic mass is 16.5. The SMILES string of the molecule is CCCCOc1ccc2oc(C)c(C(=O)Nc3ccc(OCC)cc3)c2c1. The van der Waals surface area contributed by atoms with Gasteiger partial charge in [0.25, 0.3) is 5.91 Å². The van der Waals surface area contributed by atoms with Gasteiger partial charge in [0.2, 0.25) is 0 Å². The first-order valence-electron chi connectivity index (χ1n) is 9.32. The maximum absolute atomic E-state index is 12.8. The lowest BCUT2D eigenvalue weighted by atomic mass is 10.1. The lowest BCUT2D eigenvalue weighted by molar-refractivity contribution is 0.102. The Labute approximate surface area is 159 Å². The average Bonchev–Trinajstić information content (AvgIpc) is 2.99. The van der Waals surface area contributed by atoms with Crippen LogP contribution in [0.25, 0.3) is 11.0 Å². The molecule has 0 atom stereocenters. The summed E-state index contributed by atoms with van der Waals surface area (Å²) in [5.41, 5.74) is 1.90. The number of anilines is 1. The van der Waals surface area contributed by atoms with Gasteiger partial charge in [-0.25, -0.2) is 0 Å². The third-order valence-corrected chi connectivity index (χ3v) is 4.25. The van der Waals surface area contributed by atoms with Crippen LogP contribution < -0.4 is 14.8 Å². The molecule has 0 radical (unpaired) electrons. The molecule has 0 aliphatic rings. The van der Waals surface area contributed by atoms with Gasteiger partial charge in [0.05, 0.1) is 18.8 Å². The molecule has 0 saturated carbocycles. The van der Waals surface area contributed by atoms with Gasteiger partial charge >= 0.3 is 0 Å². The topological polar surface area (TPSA) is 60.7 Å². The van der Waals surface area contributed by atoms with Crippen molar-refractivity contribution < 1.29 is 18.7 Å². The van der Waals surface area contributed by atoms with Crippen LogP contribution in [0.4, 0.5) is 5.69 Å². The number of rotatable bonds is 8. The van der Waals surface area contributed by atoms with E-state index in [1.54, 1.807) is 6.92 Å². The standard InChI is InChI=1S/C22H25NO4/c1-4-6-13-26-18-11-12-20-19(14-18)21(15(3)27-20)22(24)23-16-7-9-17(10-8-16)25-5-2/h7-12,14H,4-6,13H2,1-3H3,(H,23,24). The Morgan fingerprint density at radius 1 is 1.04 bits per heavy atom. The highest BCUT2D eigenvalue weighted by molar-refractivity contribution is 6.13. The van der Waals surface area contributed by atoms with Gasteiger partial charge in [-0.2, -0.15) is 0 Å². The molecule has 1 aromatic heterocycles. The number of unbranched alkanes of at least 4 members (excludes halogenated alkanes) is 1. The molecule has 1 heterocycles. The number of furan rings is 1. The Balaban J connectivity index is 1.82. The normalized spacial score (nSPS) is 10.8. The predicted octanol–water partition coefficient (Wildman–Crippen LogP) is 5.57. The summed E-state index contributed by atoms with van der Waals surface area (Å²) in [5, 5.41) is 3.68. The zero-order valence-electron chi connectivity index (χ0n) is 16.0. The van der Waals surface area contributed by atoms with Crippen molar-refractivity contribution in [1.82, 2.24) is 0 Å². The molecule has 0 aliphatic carbocycles. The number of benzene rings is 2. The van der Waals surface area contributed by atoms with Crippen molar-refractivity contribution >= 4 is 22.6 Å². The smallest absolute Gasteiger partial charge is 0.259 e. The van der Waals surface area contributed by atoms with Crippen LogP contribution in [0.2, 0.25) is 0 Å². The summed E-state index contributed by atoms with van der Waals surface area (Å²) < 4.78 is 16.9. The van der Waals surface area contributed by atoms with E-state index in [0.29, 0.717) is 35.8 Å². The molecule has 0 bridgehead atoms. The molecule has 0 spiro atoms. The summed E-state index contributed by atoms with van der Waals surface area (Å²) in [6.45, 7) is 7.11. The molecule has 142 valence electrons. The van der Waals surface area contributed by atoms with Gasteiger partial charge in [-0.05, 0) is 62.7 Å². The minimum Gasteiger partial charge on any atom is -0.494 e. The number of nitrogens with one attached hydrogen (secondary N) is 1. The van der Waals surface area contributed by atoms with Gasteiger partial charge in [0.1, 0.15) is 22.8 Å². The van der Waals surface area contributed by atoms with Crippen molar-refractivity contribution in [3.05, 3.63) is 53.8 Å². The van der Waals surface area contributed by atoms with Gasteiger partial charge in [-0.3, -0.25) is 4.79 Å². The first kappa shape index (κ1) is 18.8. The third kappa shape index (κ3) is 4.42. The minimum absolute atomic E-state index is 0.207. The van der Waals surface area contributed by atoms with Crippen molar-refractivity contribution in [3.63, 3.8) is 0 Å². The monoisotopic (exact) mass is 367 g/mol. The van der Waals surface area contributed by atoms with E-state index in [-0.39, 0.29) is 5.91 Å². The third-order valence-electron chi connectivity index (χ3n) is 4.25. The number of ether oxygens (including phenoxy) is 2. The number of hydrogen-bond acceptors (Lipinski definition) is 4. The van der Waals surface area contributed by atoms with E-state index in [2.05, 4.69) is 12.2 Å². The van der Waals surface area contributed by atoms with Crippen LogP contribution in [0.3, 0.4) is 0 Å². The number of aryl methyl sites for hydroxylation is 1. The molecule has 5 heteroatoms. The zero-order valence-corrected chi connectivity index (χ0v) is 16.0. The quantitative estimate of drug-likeness (QED) is 0.529. The number of carbonyl (C=O) groups excluding carboxylic acids is 1. The highest BCUT2D eigenvalue weighted by Crippen LogP contribution is 2.30. The van der Waals surface area contributed by atoms with E-state index in [0.717, 1.165) is 29.7 Å². The Bertz CT molecular complexity index is 912. The molecular formula is C22H25NO4. The van der Waals surface area contributed by atoms with Crippen LogP contribution in [-0.4, -0.2) is 19.1 Å². The summed E-state index contributed by atoms with van der Waals surface area (Å²) in [7, 11) is 0. The molecule has 1 N–H and O–H groups in total. The lowest BCUT2D eigenvalue weighted by Gasteiger charge is -2.08. The summed E-state index contributed by atoms with van der Waals surface area (Å²) in [6, 6.07) is 12.9. The summed E-state index contributed by atoms with van der Waals surface area (Å²) in [6.07, 6.45) is 2.07. The molecule has 0 fully saturated rings. The van der Waals surface area contributed by atoms with Crippen LogP contribution in [0, 0.1) is 6.92 Å². The largest absolute Gasteiger partial charge is 0.494 e. The van der Waals surface area contributed by atoms with Crippen molar-refractivity contribution in [1.29, 1.82) is 0 Å². The fraction of sp³-hybridized carbons (Fsp3) is 0.318. The van der Waals surface area contributed by atoms with Gasteiger partial charge in [0.15, 0.2) is 0 Å². The average molecular weight is 367 g/mol. The van der Waals surface area contributed by atoms with Gasteiger partial charge in [-0.15, -0.1) is 0 Å². The molecule has 0 unspecified atom stereocenters. The minimum atomic E-state index is -0.207. The fourth-order valence-corrected chi connectivity index (χ4v) is 2.90. The van der Waals surface area contributed by atoms with Crippen LogP contribution >= 0.6 is 0 Å². The van der Waals surface area contributed by atoms with E-state index in [1.807, 2.05) is 49.4 Å². The first-order valence-corrected chi connectivity index (χ1v) is 9.32. The van der Waals surface area contributed by atoms with Crippen molar-refractivity contribution in [3.8, 4) is 11.5 Å². The highest BCUT2D eigenvalue weighted by Gasteiger charge is 2.19. The van der Waals surface area contributed by atoms with Crippen LogP contribution in [-0.2, 0) is 0 Å². The van der Waals surface area contributed by atoms with Crippen LogP contribution in [0.5, 0.6) is 11.5 Å². The molecule has 2 aromatic carbocycles. The number of fused-ring (bicyclic) bond motifs is 1. The zero-order chi connectivity index (χ0) is 19.2. The molecule has 0 saturated heterocycles. The van der Waals surface area contributed by atoms with Crippen molar-refractivity contribution in [2.45, 2.75) is 33.6 Å². The fourth-order valence-electron chi connectivity index (χ4n) is 2.90. The second-order valence-electron chi connectivity index (χ2n) is 6.30. The Hall–Kier alpha value is -2.95. The van der Waals surface area contributed by atoms with Crippen molar-refractivity contribution in [2.24, 2.45) is 0 Å². The maximum Gasteiger partial charge on any atom is 0.259 e. The molecule has 3 rings (SSSR count). The van der Waals surface area contributed by atoms with Gasteiger partial charge < -0.3 is 19.2 Å². The van der Waals surface area contributed by atoms with E-state index >= 15 is 0 Å². The second-order valence-corrected chi connectivity index (χ2v) is 6.30. The Morgan fingerprint density at radius 3 is 2.48 bits per heavy atom.